The summed E-state index contributed by atoms with van der Waals surface area (Å²) in [6.45, 7) is 3.90. The Morgan fingerprint density at radius 3 is 2.59 bits per heavy atom. The molecule has 0 bridgehead atoms. The van der Waals surface area contributed by atoms with E-state index in [4.69, 9.17) is 4.74 Å². The van der Waals surface area contributed by atoms with E-state index in [0.717, 1.165) is 25.0 Å². The van der Waals surface area contributed by atoms with Gasteiger partial charge in [-0.25, -0.2) is 0 Å². The molecule has 3 nitrogen and oxygen atoms in total. The van der Waals surface area contributed by atoms with Crippen LogP contribution in [0.15, 0.2) is 24.3 Å². The molecule has 1 saturated carbocycles. The van der Waals surface area contributed by atoms with Gasteiger partial charge in [-0.2, -0.15) is 0 Å². The standard InChI is InChI=1S/C14H19NO2/c1-3-11-4-8-13(9-5-11)17-10(2)14(16)15-12-6-7-12/h4-5,8-10,12H,3,6-7H2,1-2H3,(H,15,16). The average Bonchev–Trinajstić information content (AvgIpc) is 3.14. The van der Waals surface area contributed by atoms with E-state index in [1.165, 1.54) is 5.56 Å². The highest BCUT2D eigenvalue weighted by atomic mass is 16.5. The lowest BCUT2D eigenvalue weighted by atomic mass is 10.2. The lowest BCUT2D eigenvalue weighted by molar-refractivity contribution is -0.127. The third kappa shape index (κ3) is 3.48. The lowest BCUT2D eigenvalue weighted by Gasteiger charge is -2.14. The molecule has 17 heavy (non-hydrogen) atoms. The predicted octanol–water partition coefficient (Wildman–Crippen LogP) is 2.29. The second kappa shape index (κ2) is 5.21. The van der Waals surface area contributed by atoms with Crippen molar-refractivity contribution in [3.8, 4) is 5.75 Å². The fourth-order valence-corrected chi connectivity index (χ4v) is 1.61. The fraction of sp³-hybridized carbons (Fsp3) is 0.500. The van der Waals surface area contributed by atoms with Crippen molar-refractivity contribution in [3.63, 3.8) is 0 Å². The summed E-state index contributed by atoms with van der Waals surface area (Å²) in [5.41, 5.74) is 1.27. The number of carbonyl (C=O) groups excluding carboxylic acids is 1. The molecule has 0 heterocycles. The van der Waals surface area contributed by atoms with Gasteiger partial charge in [-0.05, 0) is 43.9 Å². The Hall–Kier alpha value is -1.51. The van der Waals surface area contributed by atoms with Gasteiger partial charge in [0.15, 0.2) is 6.10 Å². The molecule has 0 saturated heterocycles. The first kappa shape index (κ1) is 12.0. The van der Waals surface area contributed by atoms with Crippen LogP contribution in [0, 0.1) is 0 Å². The molecule has 92 valence electrons. The Balaban J connectivity index is 1.87. The zero-order valence-corrected chi connectivity index (χ0v) is 10.4. The molecule has 1 amide bonds. The third-order valence-corrected chi connectivity index (χ3v) is 2.94. The van der Waals surface area contributed by atoms with Gasteiger partial charge < -0.3 is 10.1 Å². The largest absolute Gasteiger partial charge is 0.481 e. The van der Waals surface area contributed by atoms with Gasteiger partial charge in [-0.3, -0.25) is 4.79 Å². The molecule has 1 aromatic rings. The zero-order valence-electron chi connectivity index (χ0n) is 10.4. The highest BCUT2D eigenvalue weighted by Crippen LogP contribution is 2.19. The van der Waals surface area contributed by atoms with E-state index >= 15 is 0 Å². The molecule has 0 radical (unpaired) electrons. The topological polar surface area (TPSA) is 38.3 Å². The highest BCUT2D eigenvalue weighted by Gasteiger charge is 2.26. The zero-order chi connectivity index (χ0) is 12.3. The Bertz CT molecular complexity index is 382. The Morgan fingerprint density at radius 2 is 2.06 bits per heavy atom. The van der Waals surface area contributed by atoms with Crippen LogP contribution in [0.1, 0.15) is 32.3 Å². The monoisotopic (exact) mass is 233 g/mol. The molecule has 1 atom stereocenters. The van der Waals surface area contributed by atoms with Crippen LogP contribution in [0.4, 0.5) is 0 Å². The van der Waals surface area contributed by atoms with Crippen LogP contribution in [0.25, 0.3) is 0 Å². The summed E-state index contributed by atoms with van der Waals surface area (Å²) in [6, 6.07) is 8.28. The molecule has 3 heteroatoms. The van der Waals surface area contributed by atoms with Crippen LogP contribution in [-0.2, 0) is 11.2 Å². The fourth-order valence-electron chi connectivity index (χ4n) is 1.61. The van der Waals surface area contributed by atoms with Crippen LogP contribution >= 0.6 is 0 Å². The van der Waals surface area contributed by atoms with Crippen molar-refractivity contribution in [2.24, 2.45) is 0 Å². The van der Waals surface area contributed by atoms with Gasteiger partial charge in [-0.15, -0.1) is 0 Å². The van der Waals surface area contributed by atoms with Crippen LogP contribution in [0.2, 0.25) is 0 Å². The number of benzene rings is 1. The molecular formula is C14H19NO2. The molecule has 1 aliphatic rings. The summed E-state index contributed by atoms with van der Waals surface area (Å²) in [7, 11) is 0. The smallest absolute Gasteiger partial charge is 0.260 e. The number of carbonyl (C=O) groups is 1. The molecule has 0 spiro atoms. The number of rotatable bonds is 5. The van der Waals surface area contributed by atoms with Gasteiger partial charge in [0, 0.05) is 6.04 Å². The van der Waals surface area contributed by atoms with Gasteiger partial charge in [0.1, 0.15) is 5.75 Å². The van der Waals surface area contributed by atoms with Crippen LogP contribution in [0.5, 0.6) is 5.75 Å². The number of nitrogens with one attached hydrogen (secondary N) is 1. The van der Waals surface area contributed by atoms with E-state index in [2.05, 4.69) is 12.2 Å². The number of aryl methyl sites for hydroxylation is 1. The quantitative estimate of drug-likeness (QED) is 0.847. The molecule has 0 aliphatic heterocycles. The van der Waals surface area contributed by atoms with E-state index in [1.54, 1.807) is 6.92 Å². The summed E-state index contributed by atoms with van der Waals surface area (Å²) in [4.78, 5) is 11.7. The highest BCUT2D eigenvalue weighted by molar-refractivity contribution is 5.81. The molecule has 1 unspecified atom stereocenters. The maximum absolute atomic E-state index is 11.7. The molecule has 1 aliphatic carbocycles. The second-order valence-electron chi connectivity index (χ2n) is 4.54. The lowest BCUT2D eigenvalue weighted by Crippen LogP contribution is -2.37. The van der Waals surface area contributed by atoms with Crippen molar-refractivity contribution in [1.82, 2.24) is 5.32 Å². The normalized spacial score (nSPS) is 16.4. The summed E-state index contributed by atoms with van der Waals surface area (Å²) in [5.74, 6) is 0.729. The molecule has 1 fully saturated rings. The summed E-state index contributed by atoms with van der Waals surface area (Å²) in [5, 5.41) is 2.93. The average molecular weight is 233 g/mol. The Morgan fingerprint density at radius 1 is 1.41 bits per heavy atom. The maximum atomic E-state index is 11.7. The van der Waals surface area contributed by atoms with E-state index in [9.17, 15) is 4.79 Å². The summed E-state index contributed by atoms with van der Waals surface area (Å²) >= 11 is 0. The first-order chi connectivity index (χ1) is 8.19. The number of ether oxygens (including phenoxy) is 1. The van der Waals surface area contributed by atoms with E-state index in [1.807, 2.05) is 24.3 Å². The van der Waals surface area contributed by atoms with E-state index in [-0.39, 0.29) is 5.91 Å². The van der Waals surface area contributed by atoms with Gasteiger partial charge in [0.05, 0.1) is 0 Å². The molecule has 0 aromatic heterocycles. The van der Waals surface area contributed by atoms with E-state index in [0.29, 0.717) is 6.04 Å². The van der Waals surface area contributed by atoms with Gasteiger partial charge in [-0.1, -0.05) is 19.1 Å². The first-order valence-electron chi connectivity index (χ1n) is 6.25. The maximum Gasteiger partial charge on any atom is 0.260 e. The minimum atomic E-state index is -0.428. The van der Waals surface area contributed by atoms with Crippen LogP contribution in [-0.4, -0.2) is 18.1 Å². The Labute approximate surface area is 102 Å². The molecular weight excluding hydrogens is 214 g/mol. The van der Waals surface area contributed by atoms with Crippen molar-refractivity contribution in [2.75, 3.05) is 0 Å². The van der Waals surface area contributed by atoms with Gasteiger partial charge >= 0.3 is 0 Å². The predicted molar refractivity (Wildman–Crippen MR) is 67.1 cm³/mol. The number of hydrogen-bond donors (Lipinski definition) is 1. The van der Waals surface area contributed by atoms with Crippen molar-refractivity contribution >= 4 is 5.91 Å². The van der Waals surface area contributed by atoms with Gasteiger partial charge in [0.25, 0.3) is 5.91 Å². The van der Waals surface area contributed by atoms with Crippen LogP contribution < -0.4 is 10.1 Å². The summed E-state index contributed by atoms with van der Waals surface area (Å²) in [6.07, 6.45) is 2.79. The minimum Gasteiger partial charge on any atom is -0.481 e. The van der Waals surface area contributed by atoms with Crippen molar-refractivity contribution in [3.05, 3.63) is 29.8 Å². The van der Waals surface area contributed by atoms with Crippen molar-refractivity contribution < 1.29 is 9.53 Å². The SMILES string of the molecule is CCc1ccc(OC(C)C(=O)NC2CC2)cc1. The van der Waals surface area contributed by atoms with Crippen molar-refractivity contribution in [2.45, 2.75) is 45.3 Å². The van der Waals surface area contributed by atoms with Crippen LogP contribution in [0.3, 0.4) is 0 Å². The third-order valence-electron chi connectivity index (χ3n) is 2.94. The summed E-state index contributed by atoms with van der Waals surface area (Å²) < 4.78 is 5.59. The minimum absolute atomic E-state index is 0.0212. The molecule has 1 aromatic carbocycles. The Kier molecular flexibility index (Phi) is 3.67. The van der Waals surface area contributed by atoms with E-state index < -0.39 is 6.10 Å². The van der Waals surface area contributed by atoms with Gasteiger partial charge in [0.2, 0.25) is 0 Å². The molecule has 2 rings (SSSR count). The molecule has 1 N–H and O–H groups in total. The number of amides is 1. The number of hydrogen-bond acceptors (Lipinski definition) is 2. The first-order valence-corrected chi connectivity index (χ1v) is 6.25. The second-order valence-corrected chi connectivity index (χ2v) is 4.54. The van der Waals surface area contributed by atoms with Crippen molar-refractivity contribution in [1.29, 1.82) is 0 Å².